The minimum absolute atomic E-state index is 0.234. The lowest BCUT2D eigenvalue weighted by Gasteiger charge is -2.00. The van der Waals surface area contributed by atoms with Crippen LogP contribution in [0.5, 0.6) is 0 Å². The molecule has 1 heterocycles. The molecule has 0 aliphatic heterocycles. The molecule has 1 amide bonds. The normalized spacial score (nSPS) is 10.1. The summed E-state index contributed by atoms with van der Waals surface area (Å²) in [6.07, 6.45) is 2.22. The number of unbranched alkanes of at least 4 members (excludes halogenated alkanes) is 1. The van der Waals surface area contributed by atoms with E-state index >= 15 is 0 Å². The molecule has 1 aromatic rings. The lowest BCUT2D eigenvalue weighted by Crippen LogP contribution is -2.10. The first kappa shape index (κ1) is 11.5. The smallest absolute Gasteiger partial charge is 0.217 e. The number of nitrogens with two attached hydrogens (primary N) is 1. The second-order valence-electron chi connectivity index (χ2n) is 2.83. The maximum absolute atomic E-state index is 10.4. The summed E-state index contributed by atoms with van der Waals surface area (Å²) in [4.78, 5) is 14.6. The lowest BCUT2D eigenvalue weighted by molar-refractivity contribution is -0.118. The summed E-state index contributed by atoms with van der Waals surface area (Å²) >= 11 is 4.83. The van der Waals surface area contributed by atoms with Crippen molar-refractivity contribution >= 4 is 38.3 Å². The zero-order valence-corrected chi connectivity index (χ0v) is 10.0. The van der Waals surface area contributed by atoms with Crippen molar-refractivity contribution in [2.75, 3.05) is 11.9 Å². The van der Waals surface area contributed by atoms with Crippen LogP contribution in [0.15, 0.2) is 9.98 Å². The lowest BCUT2D eigenvalue weighted by atomic mass is 10.2. The van der Waals surface area contributed by atoms with Crippen molar-refractivity contribution in [3.63, 3.8) is 0 Å². The molecule has 0 saturated heterocycles. The third-order valence-electron chi connectivity index (χ3n) is 1.60. The van der Waals surface area contributed by atoms with Crippen LogP contribution in [0.2, 0.25) is 0 Å². The van der Waals surface area contributed by atoms with E-state index in [9.17, 15) is 4.79 Å². The van der Waals surface area contributed by atoms with E-state index in [2.05, 4.69) is 26.2 Å². The Balaban J connectivity index is 2.07. The summed E-state index contributed by atoms with van der Waals surface area (Å²) in [6.45, 7) is 0.827. The molecule has 1 aromatic heterocycles. The molecule has 0 unspecified atom stereocenters. The molecule has 6 heteroatoms. The highest BCUT2D eigenvalue weighted by molar-refractivity contribution is 9.10. The minimum Gasteiger partial charge on any atom is -0.370 e. The zero-order chi connectivity index (χ0) is 10.4. The molecular weight excluding hydrogens is 266 g/mol. The number of primary amides is 1. The molecule has 0 aromatic carbocycles. The number of rotatable bonds is 6. The van der Waals surface area contributed by atoms with Gasteiger partial charge in [0.1, 0.15) is 4.60 Å². The molecule has 0 fully saturated rings. The second kappa shape index (κ2) is 5.98. The Morgan fingerprint density at radius 2 is 2.43 bits per heavy atom. The number of nitrogens with zero attached hydrogens (tertiary/aromatic N) is 1. The molecule has 0 bridgehead atoms. The number of anilines is 1. The Morgan fingerprint density at radius 3 is 3.00 bits per heavy atom. The first-order chi connectivity index (χ1) is 6.68. The minimum atomic E-state index is -0.234. The quantitative estimate of drug-likeness (QED) is 0.782. The highest BCUT2D eigenvalue weighted by Gasteiger charge is 1.98. The second-order valence-corrected chi connectivity index (χ2v) is 4.50. The van der Waals surface area contributed by atoms with Crippen LogP contribution < -0.4 is 11.1 Å². The SMILES string of the molecule is NC(=O)CCCCNc1nc(Br)cs1. The van der Waals surface area contributed by atoms with Crippen LogP contribution in [-0.4, -0.2) is 17.4 Å². The van der Waals surface area contributed by atoms with Crippen LogP contribution in [0.1, 0.15) is 19.3 Å². The fourth-order valence-corrected chi connectivity index (χ4v) is 2.13. The molecule has 4 nitrogen and oxygen atoms in total. The molecule has 0 radical (unpaired) electrons. The number of nitrogens with one attached hydrogen (secondary N) is 1. The van der Waals surface area contributed by atoms with Crippen molar-refractivity contribution in [2.24, 2.45) is 5.73 Å². The van der Waals surface area contributed by atoms with Crippen molar-refractivity contribution in [1.29, 1.82) is 0 Å². The van der Waals surface area contributed by atoms with Crippen LogP contribution in [-0.2, 0) is 4.79 Å². The zero-order valence-electron chi connectivity index (χ0n) is 7.62. The van der Waals surface area contributed by atoms with Crippen LogP contribution in [0.3, 0.4) is 0 Å². The van der Waals surface area contributed by atoms with Crippen molar-refractivity contribution in [3.05, 3.63) is 9.98 Å². The van der Waals surface area contributed by atoms with Crippen molar-refractivity contribution in [1.82, 2.24) is 4.98 Å². The molecule has 14 heavy (non-hydrogen) atoms. The Hall–Kier alpha value is -0.620. The predicted octanol–water partition coefficient (Wildman–Crippen LogP) is 1.97. The van der Waals surface area contributed by atoms with Gasteiger partial charge in [-0.05, 0) is 28.8 Å². The predicted molar refractivity (Wildman–Crippen MR) is 61.3 cm³/mol. The topological polar surface area (TPSA) is 68.0 Å². The maximum Gasteiger partial charge on any atom is 0.217 e. The van der Waals surface area contributed by atoms with Crippen molar-refractivity contribution in [3.8, 4) is 0 Å². The number of hydrogen-bond donors (Lipinski definition) is 2. The molecule has 0 aliphatic carbocycles. The first-order valence-corrected chi connectivity index (χ1v) is 5.99. The Bertz CT molecular complexity index is 303. The standard InChI is InChI=1S/C8H12BrN3OS/c9-6-5-14-8(12-6)11-4-2-1-3-7(10)13/h5H,1-4H2,(H2,10,13)(H,11,12). The van der Waals surface area contributed by atoms with Gasteiger partial charge in [-0.3, -0.25) is 4.79 Å². The molecule has 0 atom stereocenters. The number of thiazole rings is 1. The van der Waals surface area contributed by atoms with Gasteiger partial charge in [0.2, 0.25) is 5.91 Å². The fourth-order valence-electron chi connectivity index (χ4n) is 0.955. The van der Waals surface area contributed by atoms with E-state index in [0.29, 0.717) is 6.42 Å². The summed E-state index contributed by atoms with van der Waals surface area (Å²) in [5, 5.41) is 5.99. The van der Waals surface area contributed by atoms with Crippen molar-refractivity contribution in [2.45, 2.75) is 19.3 Å². The van der Waals surface area contributed by atoms with Crippen LogP contribution in [0.4, 0.5) is 5.13 Å². The number of amides is 1. The molecule has 3 N–H and O–H groups in total. The van der Waals surface area contributed by atoms with E-state index in [1.165, 1.54) is 0 Å². The molecule has 0 saturated carbocycles. The van der Waals surface area contributed by atoms with E-state index in [4.69, 9.17) is 5.73 Å². The van der Waals surface area contributed by atoms with Gasteiger partial charge in [-0.1, -0.05) is 0 Å². The maximum atomic E-state index is 10.4. The van der Waals surface area contributed by atoms with Crippen molar-refractivity contribution < 1.29 is 4.79 Å². The van der Waals surface area contributed by atoms with Crippen LogP contribution in [0, 0.1) is 0 Å². The molecule has 78 valence electrons. The third-order valence-corrected chi connectivity index (χ3v) is 3.11. The Labute approximate surface area is 95.0 Å². The Morgan fingerprint density at radius 1 is 1.64 bits per heavy atom. The van der Waals surface area contributed by atoms with Crippen LogP contribution in [0.25, 0.3) is 0 Å². The first-order valence-electron chi connectivity index (χ1n) is 4.31. The monoisotopic (exact) mass is 277 g/mol. The third kappa shape index (κ3) is 4.57. The fraction of sp³-hybridized carbons (Fsp3) is 0.500. The van der Waals surface area contributed by atoms with E-state index in [-0.39, 0.29) is 5.91 Å². The van der Waals surface area contributed by atoms with E-state index in [1.54, 1.807) is 11.3 Å². The van der Waals surface area contributed by atoms with E-state index < -0.39 is 0 Å². The number of aromatic nitrogens is 1. The van der Waals surface area contributed by atoms with Gasteiger partial charge < -0.3 is 11.1 Å². The number of halogens is 1. The number of carbonyl (C=O) groups excluding carboxylic acids is 1. The summed E-state index contributed by atoms with van der Waals surface area (Å²) in [5.74, 6) is -0.234. The van der Waals surface area contributed by atoms with Gasteiger partial charge >= 0.3 is 0 Å². The highest BCUT2D eigenvalue weighted by Crippen LogP contribution is 2.19. The Kier molecular flexibility index (Phi) is 4.89. The largest absolute Gasteiger partial charge is 0.370 e. The average molecular weight is 278 g/mol. The average Bonchev–Trinajstić information content (AvgIpc) is 2.50. The summed E-state index contributed by atoms with van der Waals surface area (Å²) in [7, 11) is 0. The van der Waals surface area contributed by atoms with E-state index in [0.717, 1.165) is 29.1 Å². The van der Waals surface area contributed by atoms with Gasteiger partial charge in [-0.2, -0.15) is 0 Å². The summed E-state index contributed by atoms with van der Waals surface area (Å²) in [5.41, 5.74) is 5.01. The molecule has 0 aliphatic rings. The summed E-state index contributed by atoms with van der Waals surface area (Å²) < 4.78 is 0.849. The van der Waals surface area contributed by atoms with Gasteiger partial charge in [0.05, 0.1) is 0 Å². The van der Waals surface area contributed by atoms with Gasteiger partial charge in [-0.25, -0.2) is 4.98 Å². The van der Waals surface area contributed by atoms with Gasteiger partial charge in [0, 0.05) is 18.3 Å². The molecular formula is C8H12BrN3OS. The molecule has 1 rings (SSSR count). The van der Waals surface area contributed by atoms with Gasteiger partial charge in [0.15, 0.2) is 5.13 Å². The number of hydrogen-bond acceptors (Lipinski definition) is 4. The highest BCUT2D eigenvalue weighted by atomic mass is 79.9. The van der Waals surface area contributed by atoms with E-state index in [1.807, 2.05) is 5.38 Å². The van der Waals surface area contributed by atoms with Crippen LogP contribution >= 0.6 is 27.3 Å². The molecule has 0 spiro atoms. The number of carbonyl (C=O) groups is 1. The summed E-state index contributed by atoms with van der Waals surface area (Å²) in [6, 6.07) is 0. The van der Waals surface area contributed by atoms with Gasteiger partial charge in [0.25, 0.3) is 0 Å². The van der Waals surface area contributed by atoms with Gasteiger partial charge in [-0.15, -0.1) is 11.3 Å².